The first-order chi connectivity index (χ1) is 12.9. The maximum absolute atomic E-state index is 12.2. The van der Waals surface area contributed by atoms with E-state index in [0.29, 0.717) is 17.8 Å². The Balaban J connectivity index is 1.76. The number of para-hydroxylation sites is 1. The monoisotopic (exact) mass is 368 g/mol. The van der Waals surface area contributed by atoms with Crippen LogP contribution >= 0.6 is 0 Å². The van der Waals surface area contributed by atoms with Gasteiger partial charge in [0, 0.05) is 42.5 Å². The minimum Gasteiger partial charge on any atom is -0.380 e. The summed E-state index contributed by atoms with van der Waals surface area (Å²) in [4.78, 5) is 25.3. The van der Waals surface area contributed by atoms with E-state index in [2.05, 4.69) is 10.6 Å². The lowest BCUT2D eigenvalue weighted by Gasteiger charge is -2.20. The molecule has 1 fully saturated rings. The lowest BCUT2D eigenvalue weighted by Crippen LogP contribution is -2.30. The number of nitrogens with one attached hydrogen (secondary N) is 2. The van der Waals surface area contributed by atoms with Crippen LogP contribution in [0.5, 0.6) is 0 Å². The number of nitrogens with zero attached hydrogens (tertiary/aromatic N) is 2. The number of nitro groups is 1. The van der Waals surface area contributed by atoms with Gasteiger partial charge in [-0.25, -0.2) is 0 Å². The predicted molar refractivity (Wildman–Crippen MR) is 106 cm³/mol. The van der Waals surface area contributed by atoms with E-state index in [0.717, 1.165) is 18.7 Å². The second-order valence-corrected chi connectivity index (χ2v) is 7.03. The lowest BCUT2D eigenvalue weighted by molar-refractivity contribution is -0.384. The van der Waals surface area contributed by atoms with Crippen LogP contribution in [0.3, 0.4) is 0 Å². The van der Waals surface area contributed by atoms with Gasteiger partial charge in [-0.05, 0) is 44.5 Å². The molecule has 0 spiro atoms. The van der Waals surface area contributed by atoms with Crippen molar-refractivity contribution < 1.29 is 9.72 Å². The van der Waals surface area contributed by atoms with Gasteiger partial charge in [0.05, 0.1) is 4.92 Å². The summed E-state index contributed by atoms with van der Waals surface area (Å²) >= 11 is 0. The maximum Gasteiger partial charge on any atom is 0.293 e. The molecule has 1 unspecified atom stereocenters. The van der Waals surface area contributed by atoms with E-state index in [1.807, 2.05) is 49.1 Å². The second kappa shape index (κ2) is 8.07. The molecule has 1 aliphatic heterocycles. The Morgan fingerprint density at radius 3 is 2.63 bits per heavy atom. The Morgan fingerprint density at radius 1 is 1.22 bits per heavy atom. The zero-order chi connectivity index (χ0) is 19.4. The van der Waals surface area contributed by atoms with Crippen LogP contribution in [0.4, 0.5) is 17.1 Å². The van der Waals surface area contributed by atoms with Crippen molar-refractivity contribution in [2.24, 2.45) is 0 Å². The summed E-state index contributed by atoms with van der Waals surface area (Å²) in [5.41, 5.74) is 1.86. The SMILES string of the molecule is CC(C)NC(=O)c1ccc(N2CCC(Nc3ccccc3)C2)c([N+](=O)[O-])c1. The molecule has 2 N–H and O–H groups in total. The van der Waals surface area contributed by atoms with Gasteiger partial charge in [0.15, 0.2) is 0 Å². The van der Waals surface area contributed by atoms with Gasteiger partial charge in [-0.2, -0.15) is 0 Å². The van der Waals surface area contributed by atoms with Crippen molar-refractivity contribution in [3.63, 3.8) is 0 Å². The van der Waals surface area contributed by atoms with Crippen LogP contribution in [0, 0.1) is 10.1 Å². The minimum absolute atomic E-state index is 0.0281. The number of carbonyl (C=O) groups excluding carboxylic acids is 1. The molecule has 1 heterocycles. The third kappa shape index (κ3) is 4.55. The van der Waals surface area contributed by atoms with E-state index >= 15 is 0 Å². The molecule has 2 aromatic rings. The zero-order valence-electron chi connectivity index (χ0n) is 15.5. The highest BCUT2D eigenvalue weighted by Gasteiger charge is 2.28. The van der Waals surface area contributed by atoms with Gasteiger partial charge in [0.2, 0.25) is 0 Å². The Labute approximate surface area is 158 Å². The van der Waals surface area contributed by atoms with E-state index in [-0.39, 0.29) is 23.7 Å². The summed E-state index contributed by atoms with van der Waals surface area (Å²) in [6.07, 6.45) is 0.891. The number of rotatable bonds is 6. The first-order valence-corrected chi connectivity index (χ1v) is 9.10. The van der Waals surface area contributed by atoms with Gasteiger partial charge >= 0.3 is 0 Å². The molecule has 3 rings (SSSR count). The summed E-state index contributed by atoms with van der Waals surface area (Å²) in [7, 11) is 0. The number of nitro benzene ring substituents is 1. The molecule has 2 aromatic carbocycles. The van der Waals surface area contributed by atoms with Gasteiger partial charge in [-0.15, -0.1) is 0 Å². The molecule has 0 aromatic heterocycles. The molecule has 142 valence electrons. The molecule has 27 heavy (non-hydrogen) atoms. The first kappa shape index (κ1) is 18.7. The number of anilines is 2. The van der Waals surface area contributed by atoms with Crippen molar-refractivity contribution in [2.45, 2.75) is 32.4 Å². The number of hydrogen-bond acceptors (Lipinski definition) is 5. The van der Waals surface area contributed by atoms with Gasteiger partial charge in [0.1, 0.15) is 5.69 Å². The van der Waals surface area contributed by atoms with E-state index in [9.17, 15) is 14.9 Å². The highest BCUT2D eigenvalue weighted by atomic mass is 16.6. The molecule has 7 heteroatoms. The molecule has 0 bridgehead atoms. The Bertz CT molecular complexity index is 823. The van der Waals surface area contributed by atoms with Crippen molar-refractivity contribution in [1.29, 1.82) is 0 Å². The minimum atomic E-state index is -0.417. The van der Waals surface area contributed by atoms with Crippen LogP contribution in [-0.4, -0.2) is 36.0 Å². The van der Waals surface area contributed by atoms with Gasteiger partial charge in [0.25, 0.3) is 11.6 Å². The smallest absolute Gasteiger partial charge is 0.293 e. The summed E-state index contributed by atoms with van der Waals surface area (Å²) in [5.74, 6) is -0.301. The topological polar surface area (TPSA) is 87.5 Å². The fourth-order valence-electron chi connectivity index (χ4n) is 3.29. The largest absolute Gasteiger partial charge is 0.380 e. The second-order valence-electron chi connectivity index (χ2n) is 7.03. The molecule has 0 saturated carbocycles. The normalized spacial score (nSPS) is 16.4. The number of carbonyl (C=O) groups is 1. The Hall–Kier alpha value is -3.09. The Morgan fingerprint density at radius 2 is 1.96 bits per heavy atom. The van der Waals surface area contributed by atoms with Crippen molar-refractivity contribution in [3.05, 3.63) is 64.2 Å². The van der Waals surface area contributed by atoms with Gasteiger partial charge in [-0.3, -0.25) is 14.9 Å². The fraction of sp³-hybridized carbons (Fsp3) is 0.350. The molecule has 1 amide bonds. The zero-order valence-corrected chi connectivity index (χ0v) is 15.5. The summed E-state index contributed by atoms with van der Waals surface area (Å²) in [6, 6.07) is 14.8. The molecule has 1 aliphatic rings. The van der Waals surface area contributed by atoms with Crippen LogP contribution < -0.4 is 15.5 Å². The van der Waals surface area contributed by atoms with Gasteiger partial charge in [-0.1, -0.05) is 18.2 Å². The van der Waals surface area contributed by atoms with Crippen LogP contribution in [0.2, 0.25) is 0 Å². The van der Waals surface area contributed by atoms with Gasteiger partial charge < -0.3 is 15.5 Å². The van der Waals surface area contributed by atoms with Crippen LogP contribution in [0.25, 0.3) is 0 Å². The van der Waals surface area contributed by atoms with Crippen molar-refractivity contribution in [1.82, 2.24) is 5.32 Å². The molecular formula is C20H24N4O3. The number of amides is 1. The van der Waals surface area contributed by atoms with Crippen molar-refractivity contribution >= 4 is 23.0 Å². The summed E-state index contributed by atoms with van der Waals surface area (Å²) in [6.45, 7) is 5.10. The molecule has 7 nitrogen and oxygen atoms in total. The third-order valence-electron chi connectivity index (χ3n) is 4.53. The quantitative estimate of drug-likeness (QED) is 0.602. The summed E-state index contributed by atoms with van der Waals surface area (Å²) < 4.78 is 0. The van der Waals surface area contributed by atoms with Crippen molar-refractivity contribution in [2.75, 3.05) is 23.3 Å². The molecule has 0 radical (unpaired) electrons. The van der Waals surface area contributed by atoms with Crippen LogP contribution in [-0.2, 0) is 0 Å². The lowest BCUT2D eigenvalue weighted by atomic mass is 10.1. The number of benzene rings is 2. The average Bonchev–Trinajstić information content (AvgIpc) is 3.09. The Kier molecular flexibility index (Phi) is 5.59. The third-order valence-corrected chi connectivity index (χ3v) is 4.53. The van der Waals surface area contributed by atoms with Crippen LogP contribution in [0.1, 0.15) is 30.6 Å². The highest BCUT2D eigenvalue weighted by molar-refractivity contribution is 5.96. The van der Waals surface area contributed by atoms with E-state index < -0.39 is 4.92 Å². The molecule has 1 atom stereocenters. The first-order valence-electron chi connectivity index (χ1n) is 9.10. The van der Waals surface area contributed by atoms with Crippen molar-refractivity contribution in [3.8, 4) is 0 Å². The van der Waals surface area contributed by atoms with E-state index in [1.165, 1.54) is 6.07 Å². The average molecular weight is 368 g/mol. The number of hydrogen-bond donors (Lipinski definition) is 2. The van der Waals surface area contributed by atoms with Crippen LogP contribution in [0.15, 0.2) is 48.5 Å². The molecular weight excluding hydrogens is 344 g/mol. The predicted octanol–water partition coefficient (Wildman–Crippen LogP) is 3.42. The standard InChI is InChI=1S/C20H24N4O3/c1-14(2)21-20(25)15-8-9-18(19(12-15)24(26)27)23-11-10-17(13-23)22-16-6-4-3-5-7-16/h3-9,12,14,17,22H,10-11,13H2,1-2H3,(H,21,25). The van der Waals surface area contributed by atoms with E-state index in [1.54, 1.807) is 12.1 Å². The highest BCUT2D eigenvalue weighted by Crippen LogP contribution is 2.32. The van der Waals surface area contributed by atoms with E-state index in [4.69, 9.17) is 0 Å². The maximum atomic E-state index is 12.2. The molecule has 0 aliphatic carbocycles. The fourth-order valence-corrected chi connectivity index (χ4v) is 3.29. The summed E-state index contributed by atoms with van der Waals surface area (Å²) in [5, 5.41) is 17.8. The molecule has 1 saturated heterocycles.